The Balaban J connectivity index is 2.13. The third kappa shape index (κ3) is 3.04. The summed E-state index contributed by atoms with van der Waals surface area (Å²) in [6.07, 6.45) is 4.09. The zero-order chi connectivity index (χ0) is 12.4. The van der Waals surface area contributed by atoms with Crippen LogP contribution in [-0.4, -0.2) is 6.04 Å². The van der Waals surface area contributed by atoms with Crippen LogP contribution in [0, 0.1) is 18.8 Å². The molecule has 2 heteroatoms. The standard InChI is InChI=1S/C15H22BrN/c1-10-7-8-14(13(16)9-10)17-15-11(2)5-4-6-12(15)3/h7-9,11-12,15,17H,4-6H2,1-3H3. The Bertz CT molecular complexity index is 379. The molecule has 0 saturated heterocycles. The lowest BCUT2D eigenvalue weighted by Gasteiger charge is -2.36. The van der Waals surface area contributed by atoms with Crippen molar-refractivity contribution in [3.63, 3.8) is 0 Å². The van der Waals surface area contributed by atoms with Gasteiger partial charge in [0.15, 0.2) is 0 Å². The minimum absolute atomic E-state index is 0.614. The van der Waals surface area contributed by atoms with E-state index in [0.29, 0.717) is 6.04 Å². The zero-order valence-corrected chi connectivity index (χ0v) is 12.5. The van der Waals surface area contributed by atoms with Gasteiger partial charge in [0.25, 0.3) is 0 Å². The molecule has 1 aromatic carbocycles. The number of nitrogens with one attached hydrogen (secondary N) is 1. The topological polar surface area (TPSA) is 12.0 Å². The zero-order valence-electron chi connectivity index (χ0n) is 11.0. The summed E-state index contributed by atoms with van der Waals surface area (Å²) < 4.78 is 1.18. The van der Waals surface area contributed by atoms with Crippen molar-refractivity contribution in [2.75, 3.05) is 5.32 Å². The normalized spacial score (nSPS) is 29.1. The Morgan fingerprint density at radius 3 is 2.41 bits per heavy atom. The van der Waals surface area contributed by atoms with Crippen molar-refractivity contribution in [1.29, 1.82) is 0 Å². The first kappa shape index (κ1) is 12.9. The summed E-state index contributed by atoms with van der Waals surface area (Å²) in [6, 6.07) is 7.15. The summed E-state index contributed by atoms with van der Waals surface area (Å²) in [5.41, 5.74) is 2.54. The number of hydrogen-bond acceptors (Lipinski definition) is 1. The van der Waals surface area contributed by atoms with E-state index in [1.54, 1.807) is 0 Å². The highest BCUT2D eigenvalue weighted by Crippen LogP contribution is 2.33. The lowest BCUT2D eigenvalue weighted by molar-refractivity contribution is 0.268. The maximum absolute atomic E-state index is 3.73. The molecule has 0 amide bonds. The molecule has 2 rings (SSSR count). The fraction of sp³-hybridized carbons (Fsp3) is 0.600. The molecule has 0 spiro atoms. The number of benzene rings is 1. The lowest BCUT2D eigenvalue weighted by Crippen LogP contribution is -2.37. The third-order valence-corrected chi connectivity index (χ3v) is 4.65. The lowest BCUT2D eigenvalue weighted by atomic mass is 9.78. The molecule has 0 aromatic heterocycles. The van der Waals surface area contributed by atoms with E-state index in [4.69, 9.17) is 0 Å². The van der Waals surface area contributed by atoms with Crippen LogP contribution < -0.4 is 5.32 Å². The first-order chi connectivity index (χ1) is 8.08. The van der Waals surface area contributed by atoms with Crippen LogP contribution in [0.1, 0.15) is 38.7 Å². The summed E-state index contributed by atoms with van der Waals surface area (Å²) in [7, 11) is 0. The van der Waals surface area contributed by atoms with Gasteiger partial charge in [-0.25, -0.2) is 0 Å². The van der Waals surface area contributed by atoms with Crippen LogP contribution in [0.15, 0.2) is 22.7 Å². The van der Waals surface area contributed by atoms with E-state index in [0.717, 1.165) is 11.8 Å². The van der Waals surface area contributed by atoms with Crippen LogP contribution in [0.25, 0.3) is 0 Å². The maximum Gasteiger partial charge on any atom is 0.0487 e. The second-order valence-electron chi connectivity index (χ2n) is 5.54. The molecule has 0 bridgehead atoms. The summed E-state index contributed by atoms with van der Waals surface area (Å²) in [5.74, 6) is 1.54. The van der Waals surface area contributed by atoms with Gasteiger partial charge in [-0.1, -0.05) is 26.3 Å². The fourth-order valence-corrected chi connectivity index (χ4v) is 3.49. The molecule has 1 nitrogen and oxygen atoms in total. The molecule has 0 radical (unpaired) electrons. The van der Waals surface area contributed by atoms with Crippen LogP contribution in [0.4, 0.5) is 5.69 Å². The molecular weight excluding hydrogens is 274 g/mol. The van der Waals surface area contributed by atoms with Crippen LogP contribution in [0.5, 0.6) is 0 Å². The van der Waals surface area contributed by atoms with E-state index in [-0.39, 0.29) is 0 Å². The minimum atomic E-state index is 0.614. The Kier molecular flexibility index (Phi) is 4.13. The first-order valence-corrected chi connectivity index (χ1v) is 7.40. The number of rotatable bonds is 2. The van der Waals surface area contributed by atoms with Gasteiger partial charge in [-0.3, -0.25) is 0 Å². The van der Waals surface area contributed by atoms with Crippen LogP contribution >= 0.6 is 15.9 Å². The van der Waals surface area contributed by atoms with Crippen molar-refractivity contribution in [3.05, 3.63) is 28.2 Å². The average molecular weight is 296 g/mol. The van der Waals surface area contributed by atoms with Gasteiger partial charge in [-0.15, -0.1) is 0 Å². The number of aryl methyl sites for hydroxylation is 1. The smallest absolute Gasteiger partial charge is 0.0487 e. The molecule has 1 aliphatic rings. The predicted octanol–water partition coefficient (Wildman–Crippen LogP) is 4.99. The van der Waals surface area contributed by atoms with Gasteiger partial charge in [0.2, 0.25) is 0 Å². The monoisotopic (exact) mass is 295 g/mol. The quantitative estimate of drug-likeness (QED) is 0.810. The molecule has 1 fully saturated rings. The van der Waals surface area contributed by atoms with Crippen molar-refractivity contribution < 1.29 is 0 Å². The Labute approximate surface area is 113 Å². The molecule has 1 N–H and O–H groups in total. The van der Waals surface area contributed by atoms with Crippen LogP contribution in [0.2, 0.25) is 0 Å². The minimum Gasteiger partial charge on any atom is -0.381 e. The molecule has 1 saturated carbocycles. The second kappa shape index (κ2) is 5.43. The van der Waals surface area contributed by atoms with E-state index in [1.165, 1.54) is 35.0 Å². The number of anilines is 1. The van der Waals surface area contributed by atoms with Gasteiger partial charge in [0, 0.05) is 16.2 Å². The molecule has 17 heavy (non-hydrogen) atoms. The second-order valence-corrected chi connectivity index (χ2v) is 6.39. The highest BCUT2D eigenvalue weighted by molar-refractivity contribution is 9.10. The molecular formula is C15H22BrN. The van der Waals surface area contributed by atoms with E-state index in [1.807, 2.05) is 0 Å². The highest BCUT2D eigenvalue weighted by atomic mass is 79.9. The SMILES string of the molecule is Cc1ccc(NC2C(C)CCCC2C)c(Br)c1. The van der Waals surface area contributed by atoms with Crippen molar-refractivity contribution in [1.82, 2.24) is 0 Å². The summed E-state index contributed by atoms with van der Waals surface area (Å²) >= 11 is 3.65. The Morgan fingerprint density at radius 1 is 1.18 bits per heavy atom. The molecule has 2 atom stereocenters. The predicted molar refractivity (Wildman–Crippen MR) is 78.5 cm³/mol. The Morgan fingerprint density at radius 2 is 1.82 bits per heavy atom. The maximum atomic E-state index is 3.73. The molecule has 2 unspecified atom stereocenters. The molecule has 1 aromatic rings. The van der Waals surface area contributed by atoms with Gasteiger partial charge in [-0.2, -0.15) is 0 Å². The van der Waals surface area contributed by atoms with Crippen molar-refractivity contribution >= 4 is 21.6 Å². The summed E-state index contributed by atoms with van der Waals surface area (Å²) in [4.78, 5) is 0. The van der Waals surface area contributed by atoms with E-state index >= 15 is 0 Å². The van der Waals surface area contributed by atoms with Gasteiger partial charge in [0.05, 0.1) is 0 Å². The highest BCUT2D eigenvalue weighted by Gasteiger charge is 2.27. The van der Waals surface area contributed by atoms with E-state index < -0.39 is 0 Å². The van der Waals surface area contributed by atoms with Gasteiger partial charge in [-0.05, 0) is 65.2 Å². The van der Waals surface area contributed by atoms with Gasteiger partial charge >= 0.3 is 0 Å². The number of hydrogen-bond donors (Lipinski definition) is 1. The molecule has 0 heterocycles. The van der Waals surface area contributed by atoms with Crippen LogP contribution in [-0.2, 0) is 0 Å². The molecule has 94 valence electrons. The largest absolute Gasteiger partial charge is 0.381 e. The van der Waals surface area contributed by atoms with E-state index in [2.05, 4.69) is 60.2 Å². The van der Waals surface area contributed by atoms with Crippen molar-refractivity contribution in [2.45, 2.75) is 46.1 Å². The van der Waals surface area contributed by atoms with E-state index in [9.17, 15) is 0 Å². The van der Waals surface area contributed by atoms with Gasteiger partial charge < -0.3 is 5.32 Å². The number of halogens is 1. The van der Waals surface area contributed by atoms with Gasteiger partial charge in [0.1, 0.15) is 0 Å². The first-order valence-electron chi connectivity index (χ1n) is 6.60. The summed E-state index contributed by atoms with van der Waals surface area (Å²) in [5, 5.41) is 3.73. The van der Waals surface area contributed by atoms with Crippen LogP contribution in [0.3, 0.4) is 0 Å². The average Bonchev–Trinajstić information content (AvgIpc) is 2.26. The summed E-state index contributed by atoms with van der Waals surface area (Å²) in [6.45, 7) is 6.87. The third-order valence-electron chi connectivity index (χ3n) is 3.99. The van der Waals surface area contributed by atoms with Crippen molar-refractivity contribution in [3.8, 4) is 0 Å². The van der Waals surface area contributed by atoms with Crippen molar-refractivity contribution in [2.24, 2.45) is 11.8 Å². The molecule has 1 aliphatic carbocycles. The fourth-order valence-electron chi connectivity index (χ4n) is 2.88. The molecule has 0 aliphatic heterocycles. The Hall–Kier alpha value is -0.500.